The molecule has 3 nitrogen and oxygen atoms in total. The molecule has 2 rings (SSSR count). The third kappa shape index (κ3) is 2.65. The molecule has 0 unspecified atom stereocenters. The van der Waals surface area contributed by atoms with Gasteiger partial charge in [0.05, 0.1) is 10.6 Å². The summed E-state index contributed by atoms with van der Waals surface area (Å²) < 4.78 is 13.1. The number of amides is 1. The first-order valence-corrected chi connectivity index (χ1v) is 6.26. The Labute approximate surface area is 111 Å². The van der Waals surface area contributed by atoms with Crippen molar-refractivity contribution in [3.63, 3.8) is 0 Å². The van der Waals surface area contributed by atoms with Gasteiger partial charge < -0.3 is 10.2 Å². The van der Waals surface area contributed by atoms with Crippen LogP contribution >= 0.6 is 11.6 Å². The molecule has 1 aromatic rings. The van der Waals surface area contributed by atoms with Crippen molar-refractivity contribution in [3.05, 3.63) is 34.6 Å². The lowest BCUT2D eigenvalue weighted by Crippen LogP contribution is -2.60. The Morgan fingerprint density at radius 1 is 1.50 bits per heavy atom. The molecule has 0 atom stereocenters. The maximum atomic E-state index is 13.1. The van der Waals surface area contributed by atoms with Crippen molar-refractivity contribution in [2.75, 3.05) is 13.1 Å². The fraction of sp³-hybridized carbons (Fsp3) is 0.462. The van der Waals surface area contributed by atoms with Crippen molar-refractivity contribution in [3.8, 4) is 0 Å². The van der Waals surface area contributed by atoms with Crippen molar-refractivity contribution in [1.29, 1.82) is 0 Å². The zero-order chi connectivity index (χ0) is 13.3. The molecule has 98 valence electrons. The number of carbonyl (C=O) groups excluding carboxylic acids is 1. The van der Waals surface area contributed by atoms with Crippen molar-refractivity contribution >= 4 is 17.5 Å². The second-order valence-corrected chi connectivity index (χ2v) is 5.43. The normalized spacial score (nSPS) is 19.1. The Balaban J connectivity index is 2.13. The number of hydrogen-bond acceptors (Lipinski definition) is 2. The molecule has 1 fully saturated rings. The summed E-state index contributed by atoms with van der Waals surface area (Å²) in [7, 11) is 0. The van der Waals surface area contributed by atoms with Crippen molar-refractivity contribution in [1.82, 2.24) is 10.2 Å². The fourth-order valence-electron chi connectivity index (χ4n) is 2.09. The molecule has 5 heteroatoms. The summed E-state index contributed by atoms with van der Waals surface area (Å²) in [6.07, 6.45) is 0. The maximum Gasteiger partial charge on any atom is 0.242 e. The smallest absolute Gasteiger partial charge is 0.242 e. The molecule has 0 spiro atoms. The van der Waals surface area contributed by atoms with Crippen LogP contribution in [-0.2, 0) is 11.3 Å². The lowest BCUT2D eigenvalue weighted by atomic mass is 10.0. The predicted octanol–water partition coefficient (Wildman–Crippen LogP) is 2.19. The minimum absolute atomic E-state index is 0.0502. The van der Waals surface area contributed by atoms with Gasteiger partial charge in [-0.1, -0.05) is 17.7 Å². The first-order chi connectivity index (χ1) is 8.40. The van der Waals surface area contributed by atoms with Gasteiger partial charge in [0, 0.05) is 19.6 Å². The van der Waals surface area contributed by atoms with Crippen LogP contribution in [0.15, 0.2) is 18.2 Å². The number of nitrogens with one attached hydrogen (secondary N) is 1. The third-order valence-corrected chi connectivity index (χ3v) is 3.42. The SMILES string of the molecule is CC1(C)NCCN(Cc2ccc(F)c(Cl)c2)C1=O. The summed E-state index contributed by atoms with van der Waals surface area (Å²) in [5.74, 6) is -0.387. The summed E-state index contributed by atoms with van der Waals surface area (Å²) in [6.45, 7) is 5.59. The van der Waals surface area contributed by atoms with Crippen molar-refractivity contribution < 1.29 is 9.18 Å². The van der Waals surface area contributed by atoms with Crippen LogP contribution in [0, 0.1) is 5.82 Å². The van der Waals surface area contributed by atoms with Crippen LogP contribution in [0.25, 0.3) is 0 Å². The van der Waals surface area contributed by atoms with Gasteiger partial charge in [-0.15, -0.1) is 0 Å². The van der Waals surface area contributed by atoms with Crippen molar-refractivity contribution in [2.45, 2.75) is 25.9 Å². The molecule has 0 saturated carbocycles. The van der Waals surface area contributed by atoms with Crippen LogP contribution in [-0.4, -0.2) is 29.4 Å². The largest absolute Gasteiger partial charge is 0.336 e. The highest BCUT2D eigenvalue weighted by Gasteiger charge is 2.34. The van der Waals surface area contributed by atoms with E-state index in [4.69, 9.17) is 11.6 Å². The molecule has 0 aliphatic carbocycles. The zero-order valence-corrected chi connectivity index (χ0v) is 11.2. The second kappa shape index (κ2) is 4.86. The monoisotopic (exact) mass is 270 g/mol. The van der Waals surface area contributed by atoms with E-state index in [9.17, 15) is 9.18 Å². The average Bonchev–Trinajstić information content (AvgIpc) is 2.30. The van der Waals surface area contributed by atoms with Gasteiger partial charge in [0.15, 0.2) is 0 Å². The lowest BCUT2D eigenvalue weighted by Gasteiger charge is -2.38. The van der Waals surface area contributed by atoms with Gasteiger partial charge in [-0.2, -0.15) is 0 Å². The first-order valence-electron chi connectivity index (χ1n) is 5.88. The first kappa shape index (κ1) is 13.3. The van der Waals surface area contributed by atoms with E-state index in [1.807, 2.05) is 13.8 Å². The van der Waals surface area contributed by atoms with Gasteiger partial charge in [-0.05, 0) is 31.5 Å². The van der Waals surface area contributed by atoms with Crippen LogP contribution in [0.5, 0.6) is 0 Å². The van der Waals surface area contributed by atoms with Gasteiger partial charge in [-0.3, -0.25) is 4.79 Å². The highest BCUT2D eigenvalue weighted by atomic mass is 35.5. The molecule has 1 heterocycles. The van der Waals surface area contributed by atoms with Crippen molar-refractivity contribution in [2.24, 2.45) is 0 Å². The van der Waals surface area contributed by atoms with Crippen LogP contribution < -0.4 is 5.32 Å². The summed E-state index contributed by atoms with van der Waals surface area (Å²) >= 11 is 5.73. The Morgan fingerprint density at radius 2 is 2.22 bits per heavy atom. The van der Waals surface area contributed by atoms with Gasteiger partial charge in [0.25, 0.3) is 0 Å². The topological polar surface area (TPSA) is 32.3 Å². The molecule has 0 radical (unpaired) electrons. The molecule has 1 aromatic carbocycles. The van der Waals surface area contributed by atoms with Crippen LogP contribution in [0.4, 0.5) is 4.39 Å². The van der Waals surface area contributed by atoms with Gasteiger partial charge in [0.2, 0.25) is 5.91 Å². The molecule has 1 aliphatic rings. The Bertz CT molecular complexity index is 476. The Morgan fingerprint density at radius 3 is 2.89 bits per heavy atom. The standard InChI is InChI=1S/C13H16ClFN2O/c1-13(2)12(18)17(6-5-16-13)8-9-3-4-11(15)10(14)7-9/h3-4,7,16H,5-6,8H2,1-2H3. The van der Waals surface area contributed by atoms with Crippen LogP contribution in [0.2, 0.25) is 5.02 Å². The van der Waals surface area contributed by atoms with Gasteiger partial charge in [-0.25, -0.2) is 4.39 Å². The second-order valence-electron chi connectivity index (χ2n) is 5.03. The number of rotatable bonds is 2. The summed E-state index contributed by atoms with van der Waals surface area (Å²) in [5.41, 5.74) is 0.301. The molecule has 1 N–H and O–H groups in total. The molecule has 18 heavy (non-hydrogen) atoms. The molecule has 1 saturated heterocycles. The summed E-state index contributed by atoms with van der Waals surface area (Å²) in [4.78, 5) is 13.9. The third-order valence-electron chi connectivity index (χ3n) is 3.13. The lowest BCUT2D eigenvalue weighted by molar-refractivity contribution is -0.140. The van der Waals surface area contributed by atoms with E-state index in [0.717, 1.165) is 12.1 Å². The van der Waals surface area contributed by atoms with Gasteiger partial charge in [0.1, 0.15) is 5.82 Å². The number of halogens is 2. The molecular weight excluding hydrogens is 255 g/mol. The van der Waals surface area contributed by atoms with E-state index in [1.54, 1.807) is 17.0 Å². The quantitative estimate of drug-likeness (QED) is 0.893. The number of benzene rings is 1. The van der Waals surface area contributed by atoms with E-state index in [2.05, 4.69) is 5.32 Å². The van der Waals surface area contributed by atoms with E-state index in [1.165, 1.54) is 6.07 Å². The van der Waals surface area contributed by atoms with E-state index in [0.29, 0.717) is 13.1 Å². The highest BCUT2D eigenvalue weighted by Crippen LogP contribution is 2.19. The molecule has 1 aliphatic heterocycles. The average molecular weight is 271 g/mol. The van der Waals surface area contributed by atoms with Crippen LogP contribution in [0.3, 0.4) is 0 Å². The highest BCUT2D eigenvalue weighted by molar-refractivity contribution is 6.30. The zero-order valence-electron chi connectivity index (χ0n) is 10.5. The Kier molecular flexibility index (Phi) is 3.59. The number of nitrogens with zero attached hydrogens (tertiary/aromatic N) is 1. The molecule has 0 aromatic heterocycles. The maximum absolute atomic E-state index is 13.1. The minimum atomic E-state index is -0.540. The predicted molar refractivity (Wildman–Crippen MR) is 68.9 cm³/mol. The Hall–Kier alpha value is -1.13. The summed E-state index contributed by atoms with van der Waals surface area (Å²) in [6, 6.07) is 4.55. The molecule has 0 bridgehead atoms. The number of carbonyl (C=O) groups is 1. The molecular formula is C13H16ClFN2O. The fourth-order valence-corrected chi connectivity index (χ4v) is 2.29. The van der Waals surface area contributed by atoms with Crippen LogP contribution in [0.1, 0.15) is 19.4 Å². The minimum Gasteiger partial charge on any atom is -0.336 e. The molecule has 1 amide bonds. The number of hydrogen-bond donors (Lipinski definition) is 1. The summed E-state index contributed by atoms with van der Waals surface area (Å²) in [5, 5.41) is 3.26. The van der Waals surface area contributed by atoms with Gasteiger partial charge >= 0.3 is 0 Å². The number of piperazine rings is 1. The van der Waals surface area contributed by atoms with E-state index < -0.39 is 11.4 Å². The van der Waals surface area contributed by atoms with E-state index in [-0.39, 0.29) is 10.9 Å². The van der Waals surface area contributed by atoms with E-state index >= 15 is 0 Å².